The number of piperazine rings is 1. The Morgan fingerprint density at radius 2 is 1.72 bits per heavy atom. The number of aromatic nitrogens is 1. The summed E-state index contributed by atoms with van der Waals surface area (Å²) in [6.45, 7) is 10.1. The Morgan fingerprint density at radius 3 is 2.31 bits per heavy atom. The van der Waals surface area contributed by atoms with Crippen molar-refractivity contribution in [3.63, 3.8) is 0 Å². The van der Waals surface area contributed by atoms with E-state index in [2.05, 4.69) is 23.7 Å². The lowest BCUT2D eigenvalue weighted by molar-refractivity contribution is 0.0693. The zero-order chi connectivity index (χ0) is 23.0. The standard InChI is InChI=1S/C23H34N4O4S/c1-16(2)25-7-5-19(6-8-25)31-22-15-18-14-21(24-20(18)13-17(22)3)23(28)26-9-11-27(12-10-26)32(4,29)30/h13-16,19,24H,5-12H2,1-4H3. The van der Waals surface area contributed by atoms with Gasteiger partial charge in [-0.3, -0.25) is 4.79 Å². The predicted octanol–water partition coefficient (Wildman–Crippen LogP) is 2.45. The summed E-state index contributed by atoms with van der Waals surface area (Å²) in [6, 6.07) is 6.49. The minimum absolute atomic E-state index is 0.101. The smallest absolute Gasteiger partial charge is 0.270 e. The van der Waals surface area contributed by atoms with E-state index in [9.17, 15) is 13.2 Å². The van der Waals surface area contributed by atoms with Crippen molar-refractivity contribution >= 4 is 26.8 Å². The van der Waals surface area contributed by atoms with E-state index in [4.69, 9.17) is 4.74 Å². The Hall–Kier alpha value is -2.10. The van der Waals surface area contributed by atoms with Crippen LogP contribution >= 0.6 is 0 Å². The van der Waals surface area contributed by atoms with Crippen LogP contribution in [-0.4, -0.2) is 91.1 Å². The van der Waals surface area contributed by atoms with E-state index in [1.807, 2.05) is 25.1 Å². The van der Waals surface area contributed by atoms with E-state index in [1.54, 1.807) is 4.90 Å². The molecule has 0 saturated carbocycles. The minimum Gasteiger partial charge on any atom is -0.490 e. The van der Waals surface area contributed by atoms with Crippen molar-refractivity contribution in [2.24, 2.45) is 0 Å². The zero-order valence-corrected chi connectivity index (χ0v) is 20.2. The van der Waals surface area contributed by atoms with Gasteiger partial charge in [-0.15, -0.1) is 0 Å². The van der Waals surface area contributed by atoms with Crippen molar-refractivity contribution in [3.8, 4) is 5.75 Å². The number of carbonyl (C=O) groups excluding carboxylic acids is 1. The molecule has 9 heteroatoms. The number of sulfonamides is 1. The lowest BCUT2D eigenvalue weighted by Gasteiger charge is -2.34. The van der Waals surface area contributed by atoms with Gasteiger partial charge in [0.2, 0.25) is 10.0 Å². The molecule has 0 unspecified atom stereocenters. The number of amides is 1. The fourth-order valence-electron chi connectivity index (χ4n) is 4.59. The van der Waals surface area contributed by atoms with Gasteiger partial charge in [-0.05, 0) is 57.4 Å². The Labute approximate surface area is 190 Å². The number of hydrogen-bond acceptors (Lipinski definition) is 5. The first-order valence-corrected chi connectivity index (χ1v) is 13.2. The Balaban J connectivity index is 1.44. The van der Waals surface area contributed by atoms with Gasteiger partial charge in [0.05, 0.1) is 6.26 Å². The topological polar surface area (TPSA) is 86.0 Å². The SMILES string of the molecule is Cc1cc2[nH]c(C(=O)N3CCN(S(C)(=O)=O)CC3)cc2cc1OC1CCN(C(C)C)CC1. The first kappa shape index (κ1) is 23.1. The number of benzene rings is 1. The van der Waals surface area contributed by atoms with Crippen molar-refractivity contribution in [1.82, 2.24) is 19.1 Å². The van der Waals surface area contributed by atoms with Crippen LogP contribution in [0.2, 0.25) is 0 Å². The normalized spacial score (nSPS) is 19.7. The number of ether oxygens (including phenoxy) is 1. The van der Waals surface area contributed by atoms with E-state index in [-0.39, 0.29) is 12.0 Å². The van der Waals surface area contributed by atoms with Crippen LogP contribution < -0.4 is 4.74 Å². The molecule has 8 nitrogen and oxygen atoms in total. The molecular formula is C23H34N4O4S. The first-order chi connectivity index (χ1) is 15.1. The number of nitrogens with one attached hydrogen (secondary N) is 1. The van der Waals surface area contributed by atoms with Crippen LogP contribution in [0, 0.1) is 6.92 Å². The van der Waals surface area contributed by atoms with Crippen LogP contribution in [0.5, 0.6) is 5.75 Å². The molecule has 176 valence electrons. The fraction of sp³-hybridized carbons (Fsp3) is 0.609. The van der Waals surface area contributed by atoms with E-state index < -0.39 is 10.0 Å². The predicted molar refractivity (Wildman–Crippen MR) is 126 cm³/mol. The fourth-order valence-corrected chi connectivity index (χ4v) is 5.42. The highest BCUT2D eigenvalue weighted by Crippen LogP contribution is 2.29. The second-order valence-corrected chi connectivity index (χ2v) is 11.3. The highest BCUT2D eigenvalue weighted by Gasteiger charge is 2.28. The molecule has 1 aromatic carbocycles. The van der Waals surface area contributed by atoms with Gasteiger partial charge in [0.1, 0.15) is 17.5 Å². The van der Waals surface area contributed by atoms with Crippen molar-refractivity contribution in [1.29, 1.82) is 0 Å². The number of fused-ring (bicyclic) bond motifs is 1. The summed E-state index contributed by atoms with van der Waals surface area (Å²) in [5, 5.41) is 0.948. The number of likely N-dealkylation sites (tertiary alicyclic amines) is 1. The summed E-state index contributed by atoms with van der Waals surface area (Å²) in [5.74, 6) is 0.774. The molecule has 0 bridgehead atoms. The maximum absolute atomic E-state index is 13.0. The Morgan fingerprint density at radius 1 is 1.06 bits per heavy atom. The van der Waals surface area contributed by atoms with Crippen molar-refractivity contribution in [3.05, 3.63) is 29.5 Å². The number of hydrogen-bond donors (Lipinski definition) is 1. The van der Waals surface area contributed by atoms with E-state index in [1.165, 1.54) is 10.6 Å². The van der Waals surface area contributed by atoms with Gasteiger partial charge in [-0.25, -0.2) is 8.42 Å². The summed E-state index contributed by atoms with van der Waals surface area (Å²) >= 11 is 0. The highest BCUT2D eigenvalue weighted by molar-refractivity contribution is 7.88. The second-order valence-electron chi connectivity index (χ2n) is 9.29. The molecule has 2 aliphatic rings. The summed E-state index contributed by atoms with van der Waals surface area (Å²) in [7, 11) is -3.22. The molecule has 2 saturated heterocycles. The van der Waals surface area contributed by atoms with Crippen LogP contribution in [0.25, 0.3) is 10.9 Å². The van der Waals surface area contributed by atoms with E-state index >= 15 is 0 Å². The van der Waals surface area contributed by atoms with Crippen LogP contribution in [0.1, 0.15) is 42.7 Å². The highest BCUT2D eigenvalue weighted by atomic mass is 32.2. The van der Waals surface area contributed by atoms with Gasteiger partial charge in [0, 0.05) is 56.2 Å². The largest absolute Gasteiger partial charge is 0.490 e. The average molecular weight is 463 g/mol. The zero-order valence-electron chi connectivity index (χ0n) is 19.4. The molecular weight excluding hydrogens is 428 g/mol. The summed E-state index contributed by atoms with van der Waals surface area (Å²) in [5.41, 5.74) is 2.48. The lowest BCUT2D eigenvalue weighted by atomic mass is 10.1. The molecule has 4 rings (SSSR count). The second kappa shape index (κ2) is 9.03. The quantitative estimate of drug-likeness (QED) is 0.738. The number of aromatic amines is 1. The lowest BCUT2D eigenvalue weighted by Crippen LogP contribution is -2.50. The minimum atomic E-state index is -3.22. The summed E-state index contributed by atoms with van der Waals surface area (Å²) < 4.78 is 31.2. The molecule has 0 radical (unpaired) electrons. The first-order valence-electron chi connectivity index (χ1n) is 11.4. The Kier molecular flexibility index (Phi) is 6.51. The van der Waals surface area contributed by atoms with Crippen LogP contribution in [0.15, 0.2) is 18.2 Å². The van der Waals surface area contributed by atoms with Gasteiger partial charge >= 0.3 is 0 Å². The maximum atomic E-state index is 13.0. The number of H-pyrrole nitrogens is 1. The number of carbonyl (C=O) groups is 1. The van der Waals surface area contributed by atoms with E-state index in [0.29, 0.717) is 37.9 Å². The van der Waals surface area contributed by atoms with Crippen molar-refractivity contribution in [2.45, 2.75) is 45.8 Å². The van der Waals surface area contributed by atoms with Crippen LogP contribution in [-0.2, 0) is 10.0 Å². The van der Waals surface area contributed by atoms with Gasteiger partial charge in [0.25, 0.3) is 5.91 Å². The molecule has 1 N–H and O–H groups in total. The van der Waals surface area contributed by atoms with Crippen LogP contribution in [0.4, 0.5) is 0 Å². The number of rotatable bonds is 5. The molecule has 0 spiro atoms. The molecule has 1 amide bonds. The van der Waals surface area contributed by atoms with Gasteiger partial charge in [-0.2, -0.15) is 4.31 Å². The number of nitrogens with zero attached hydrogens (tertiary/aromatic N) is 3. The molecule has 2 aliphatic heterocycles. The van der Waals surface area contributed by atoms with Gasteiger partial charge < -0.3 is 19.5 Å². The van der Waals surface area contributed by atoms with Gasteiger partial charge in [-0.1, -0.05) is 0 Å². The maximum Gasteiger partial charge on any atom is 0.270 e. The summed E-state index contributed by atoms with van der Waals surface area (Å²) in [6.07, 6.45) is 3.46. The molecule has 1 aromatic heterocycles. The number of aryl methyl sites for hydroxylation is 1. The molecule has 32 heavy (non-hydrogen) atoms. The average Bonchev–Trinajstić information content (AvgIpc) is 3.16. The molecule has 2 fully saturated rings. The molecule has 2 aromatic rings. The summed E-state index contributed by atoms with van der Waals surface area (Å²) in [4.78, 5) is 20.4. The molecule has 0 atom stereocenters. The van der Waals surface area contributed by atoms with Crippen LogP contribution in [0.3, 0.4) is 0 Å². The third-order valence-electron chi connectivity index (χ3n) is 6.64. The molecule has 0 aliphatic carbocycles. The van der Waals surface area contributed by atoms with Crippen molar-refractivity contribution in [2.75, 3.05) is 45.5 Å². The van der Waals surface area contributed by atoms with E-state index in [0.717, 1.165) is 48.1 Å². The number of piperidine rings is 1. The van der Waals surface area contributed by atoms with Crippen molar-refractivity contribution < 1.29 is 17.9 Å². The monoisotopic (exact) mass is 462 g/mol. The van der Waals surface area contributed by atoms with Gasteiger partial charge in [0.15, 0.2) is 0 Å². The Bertz CT molecular complexity index is 1080. The molecule has 3 heterocycles. The third-order valence-corrected chi connectivity index (χ3v) is 7.95. The third kappa shape index (κ3) is 4.94.